The molecule has 2 aliphatic rings. The minimum atomic E-state index is 0.253. The minimum absolute atomic E-state index is 0.253. The van der Waals surface area contributed by atoms with E-state index < -0.39 is 0 Å². The normalized spacial score (nSPS) is 24.6. The van der Waals surface area contributed by atoms with Gasteiger partial charge in [0, 0.05) is 44.3 Å². The van der Waals surface area contributed by atoms with E-state index in [-0.39, 0.29) is 5.54 Å². The molecule has 0 amide bonds. The molecule has 19 heavy (non-hydrogen) atoms. The lowest BCUT2D eigenvalue weighted by Gasteiger charge is -2.38. The molecule has 0 radical (unpaired) electrons. The largest absolute Gasteiger partial charge is 0.312 e. The summed E-state index contributed by atoms with van der Waals surface area (Å²) in [5.41, 5.74) is 0.253. The van der Waals surface area contributed by atoms with Gasteiger partial charge in [0.2, 0.25) is 0 Å². The average Bonchev–Trinajstić information content (AvgIpc) is 3.12. The topological polar surface area (TPSA) is 18.5 Å². The molecule has 1 N–H and O–H groups in total. The molecule has 3 nitrogen and oxygen atoms in total. The molecule has 1 aliphatic carbocycles. The van der Waals surface area contributed by atoms with Crippen LogP contribution in [0.4, 0.5) is 0 Å². The van der Waals surface area contributed by atoms with Crippen molar-refractivity contribution >= 4 is 0 Å². The summed E-state index contributed by atoms with van der Waals surface area (Å²) >= 11 is 0. The molecule has 1 unspecified atom stereocenters. The summed E-state index contributed by atoms with van der Waals surface area (Å²) in [5.74, 6) is 1.04. The number of nitrogens with one attached hydrogen (secondary N) is 1. The number of piperazine rings is 1. The van der Waals surface area contributed by atoms with E-state index in [2.05, 4.69) is 42.8 Å². The fraction of sp³-hybridized carbons (Fsp3) is 1.00. The molecule has 3 heteroatoms. The van der Waals surface area contributed by atoms with Crippen LogP contribution in [0.25, 0.3) is 0 Å². The summed E-state index contributed by atoms with van der Waals surface area (Å²) in [6.45, 7) is 16.7. The quantitative estimate of drug-likeness (QED) is 0.796. The molecule has 2 fully saturated rings. The third-order valence-electron chi connectivity index (χ3n) is 4.46. The van der Waals surface area contributed by atoms with Crippen LogP contribution in [0, 0.1) is 5.92 Å². The van der Waals surface area contributed by atoms with Crippen molar-refractivity contribution in [3.8, 4) is 0 Å². The van der Waals surface area contributed by atoms with Crippen molar-refractivity contribution < 1.29 is 0 Å². The third-order valence-corrected chi connectivity index (χ3v) is 4.46. The van der Waals surface area contributed by atoms with Crippen molar-refractivity contribution in [2.45, 2.75) is 58.5 Å². The lowest BCUT2D eigenvalue weighted by Crippen LogP contribution is -2.50. The maximum absolute atomic E-state index is 3.60. The van der Waals surface area contributed by atoms with Crippen molar-refractivity contribution in [1.82, 2.24) is 15.1 Å². The molecule has 0 bridgehead atoms. The van der Waals surface area contributed by atoms with Crippen LogP contribution >= 0.6 is 0 Å². The molecule has 0 aromatic carbocycles. The molecule has 2 rings (SSSR count). The Kier molecular flexibility index (Phi) is 5.27. The highest BCUT2D eigenvalue weighted by Gasteiger charge is 2.27. The fourth-order valence-electron chi connectivity index (χ4n) is 2.89. The van der Waals surface area contributed by atoms with E-state index in [4.69, 9.17) is 0 Å². The lowest BCUT2D eigenvalue weighted by molar-refractivity contribution is 0.0952. The van der Waals surface area contributed by atoms with Gasteiger partial charge < -0.3 is 10.2 Å². The van der Waals surface area contributed by atoms with Crippen LogP contribution in [-0.2, 0) is 0 Å². The molecule has 1 heterocycles. The van der Waals surface area contributed by atoms with Crippen LogP contribution in [0.2, 0.25) is 0 Å². The van der Waals surface area contributed by atoms with E-state index in [1.165, 1.54) is 52.0 Å². The number of hydrogen-bond donors (Lipinski definition) is 1. The van der Waals surface area contributed by atoms with Gasteiger partial charge in [0.1, 0.15) is 0 Å². The highest BCUT2D eigenvalue weighted by Crippen LogP contribution is 2.30. The fourth-order valence-corrected chi connectivity index (χ4v) is 2.89. The van der Waals surface area contributed by atoms with Gasteiger partial charge in [-0.15, -0.1) is 0 Å². The Bertz CT molecular complexity index is 260. The molecular formula is C16H33N3. The van der Waals surface area contributed by atoms with E-state index in [1.54, 1.807) is 0 Å². The standard InChI is InChI=1S/C16H33N3/c1-14(7-8-17-16(2,3)4)19-11-9-18(10-12-19)13-15-5-6-15/h14-15,17H,5-13H2,1-4H3. The molecule has 1 saturated heterocycles. The van der Waals surface area contributed by atoms with Crippen molar-refractivity contribution in [3.63, 3.8) is 0 Å². The molecular weight excluding hydrogens is 234 g/mol. The van der Waals surface area contributed by atoms with Crippen LogP contribution in [0.15, 0.2) is 0 Å². The van der Waals surface area contributed by atoms with Crippen molar-refractivity contribution in [2.24, 2.45) is 5.92 Å². The average molecular weight is 267 g/mol. The van der Waals surface area contributed by atoms with Gasteiger partial charge in [-0.1, -0.05) is 0 Å². The van der Waals surface area contributed by atoms with Gasteiger partial charge >= 0.3 is 0 Å². The highest BCUT2D eigenvalue weighted by molar-refractivity contribution is 4.82. The van der Waals surface area contributed by atoms with E-state index >= 15 is 0 Å². The van der Waals surface area contributed by atoms with Gasteiger partial charge in [0.25, 0.3) is 0 Å². The summed E-state index contributed by atoms with van der Waals surface area (Å²) in [6.07, 6.45) is 4.23. The Hall–Kier alpha value is -0.120. The number of rotatable bonds is 6. The predicted molar refractivity (Wildman–Crippen MR) is 82.6 cm³/mol. The third kappa shape index (κ3) is 5.80. The molecule has 1 saturated carbocycles. The summed E-state index contributed by atoms with van der Waals surface area (Å²) < 4.78 is 0. The zero-order chi connectivity index (χ0) is 13.9. The van der Waals surface area contributed by atoms with Crippen LogP contribution in [0.1, 0.15) is 47.0 Å². The number of hydrogen-bond acceptors (Lipinski definition) is 3. The second-order valence-electron chi connectivity index (χ2n) is 7.59. The first-order valence-electron chi connectivity index (χ1n) is 8.15. The maximum Gasteiger partial charge on any atom is 0.0113 e. The van der Waals surface area contributed by atoms with Gasteiger partial charge in [0.15, 0.2) is 0 Å². The summed E-state index contributed by atoms with van der Waals surface area (Å²) in [5, 5.41) is 3.60. The highest BCUT2D eigenvalue weighted by atomic mass is 15.3. The van der Waals surface area contributed by atoms with Crippen LogP contribution in [-0.4, -0.2) is 60.6 Å². The van der Waals surface area contributed by atoms with Crippen molar-refractivity contribution in [3.05, 3.63) is 0 Å². The molecule has 112 valence electrons. The monoisotopic (exact) mass is 267 g/mol. The second kappa shape index (κ2) is 6.55. The maximum atomic E-state index is 3.60. The predicted octanol–water partition coefficient (Wildman–Crippen LogP) is 2.18. The van der Waals surface area contributed by atoms with E-state index in [1.807, 2.05) is 0 Å². The van der Waals surface area contributed by atoms with E-state index in [0.29, 0.717) is 0 Å². The van der Waals surface area contributed by atoms with E-state index in [0.717, 1.165) is 18.5 Å². The van der Waals surface area contributed by atoms with Gasteiger partial charge in [-0.25, -0.2) is 0 Å². The molecule has 0 aromatic heterocycles. The van der Waals surface area contributed by atoms with Gasteiger partial charge in [-0.05, 0) is 59.4 Å². The Morgan fingerprint density at radius 3 is 2.26 bits per heavy atom. The Morgan fingerprint density at radius 2 is 1.74 bits per heavy atom. The van der Waals surface area contributed by atoms with Crippen LogP contribution in [0.5, 0.6) is 0 Å². The first-order chi connectivity index (χ1) is 8.94. The first-order valence-corrected chi connectivity index (χ1v) is 8.15. The van der Waals surface area contributed by atoms with Crippen molar-refractivity contribution in [2.75, 3.05) is 39.3 Å². The van der Waals surface area contributed by atoms with Gasteiger partial charge in [-0.2, -0.15) is 0 Å². The molecule has 0 spiro atoms. The number of nitrogens with zero attached hydrogens (tertiary/aromatic N) is 2. The smallest absolute Gasteiger partial charge is 0.0113 e. The van der Waals surface area contributed by atoms with Crippen LogP contribution < -0.4 is 5.32 Å². The van der Waals surface area contributed by atoms with Gasteiger partial charge in [0.05, 0.1) is 0 Å². The zero-order valence-corrected chi connectivity index (χ0v) is 13.4. The first kappa shape index (κ1) is 15.3. The Morgan fingerprint density at radius 1 is 1.11 bits per heavy atom. The summed E-state index contributed by atoms with van der Waals surface area (Å²) in [4.78, 5) is 5.35. The lowest BCUT2D eigenvalue weighted by atomic mass is 10.1. The van der Waals surface area contributed by atoms with Crippen molar-refractivity contribution in [1.29, 1.82) is 0 Å². The molecule has 1 atom stereocenters. The molecule has 1 aliphatic heterocycles. The zero-order valence-electron chi connectivity index (χ0n) is 13.4. The second-order valence-corrected chi connectivity index (χ2v) is 7.59. The molecule has 0 aromatic rings. The van der Waals surface area contributed by atoms with E-state index in [9.17, 15) is 0 Å². The Balaban J connectivity index is 1.60. The van der Waals surface area contributed by atoms with Crippen LogP contribution in [0.3, 0.4) is 0 Å². The minimum Gasteiger partial charge on any atom is -0.312 e. The Labute approximate surface area is 119 Å². The SMILES string of the molecule is CC(CCNC(C)(C)C)N1CCN(CC2CC2)CC1. The summed E-state index contributed by atoms with van der Waals surface area (Å²) in [6, 6.07) is 0.720. The summed E-state index contributed by atoms with van der Waals surface area (Å²) in [7, 11) is 0. The van der Waals surface area contributed by atoms with Gasteiger partial charge in [-0.3, -0.25) is 4.90 Å².